The van der Waals surface area contributed by atoms with E-state index in [0.29, 0.717) is 6.54 Å². The fourth-order valence-corrected chi connectivity index (χ4v) is 4.29. The maximum absolute atomic E-state index is 12.8. The molecular formula is C19H22FNO3S2. The van der Waals surface area contributed by atoms with Gasteiger partial charge in [0.1, 0.15) is 5.82 Å². The molecule has 26 heavy (non-hydrogen) atoms. The number of carbonyl (C=O) groups excluding carboxylic acids is 1. The first-order chi connectivity index (χ1) is 12.4. The molecule has 2 aromatic carbocycles. The minimum absolute atomic E-state index is 0.0543. The third-order valence-electron chi connectivity index (χ3n) is 3.70. The third kappa shape index (κ3) is 6.80. The summed E-state index contributed by atoms with van der Waals surface area (Å²) in [5.74, 6) is 0.0504. The van der Waals surface area contributed by atoms with Crippen molar-refractivity contribution in [3.63, 3.8) is 0 Å². The SMILES string of the molecule is Cc1ccc(S(=O)(=O)CCC(=O)NCCCSc2ccc(F)cc2)cc1. The zero-order valence-electron chi connectivity index (χ0n) is 14.6. The highest BCUT2D eigenvalue weighted by Crippen LogP contribution is 2.18. The Bertz CT molecular complexity index is 819. The molecule has 1 N–H and O–H groups in total. The summed E-state index contributed by atoms with van der Waals surface area (Å²) in [4.78, 5) is 13.0. The van der Waals surface area contributed by atoms with E-state index in [-0.39, 0.29) is 28.8 Å². The Morgan fingerprint density at radius 1 is 1.08 bits per heavy atom. The maximum Gasteiger partial charge on any atom is 0.221 e. The topological polar surface area (TPSA) is 63.2 Å². The molecule has 0 fully saturated rings. The molecule has 0 bridgehead atoms. The zero-order chi connectivity index (χ0) is 19.0. The molecule has 0 aliphatic heterocycles. The van der Waals surface area contributed by atoms with Crippen molar-refractivity contribution in [2.45, 2.75) is 29.6 Å². The van der Waals surface area contributed by atoms with Gasteiger partial charge in [0.2, 0.25) is 5.91 Å². The van der Waals surface area contributed by atoms with E-state index in [0.717, 1.165) is 22.6 Å². The van der Waals surface area contributed by atoms with Gasteiger partial charge in [0.25, 0.3) is 0 Å². The molecule has 0 aliphatic carbocycles. The van der Waals surface area contributed by atoms with Crippen LogP contribution in [0.2, 0.25) is 0 Å². The van der Waals surface area contributed by atoms with Crippen molar-refractivity contribution in [1.29, 1.82) is 0 Å². The molecule has 0 aromatic heterocycles. The highest BCUT2D eigenvalue weighted by Gasteiger charge is 2.16. The zero-order valence-corrected chi connectivity index (χ0v) is 16.2. The highest BCUT2D eigenvalue weighted by atomic mass is 32.2. The van der Waals surface area contributed by atoms with Gasteiger partial charge in [-0.25, -0.2) is 12.8 Å². The predicted octanol–water partition coefficient (Wildman–Crippen LogP) is 3.60. The second kappa shape index (κ2) is 9.73. The predicted molar refractivity (Wildman–Crippen MR) is 103 cm³/mol. The molecule has 7 heteroatoms. The Balaban J connectivity index is 1.65. The van der Waals surface area contributed by atoms with Crippen molar-refractivity contribution in [3.05, 3.63) is 59.9 Å². The molecule has 0 unspecified atom stereocenters. The summed E-state index contributed by atoms with van der Waals surface area (Å²) in [6, 6.07) is 12.9. The van der Waals surface area contributed by atoms with E-state index < -0.39 is 9.84 Å². The first-order valence-corrected chi connectivity index (χ1v) is 10.9. The monoisotopic (exact) mass is 395 g/mol. The van der Waals surface area contributed by atoms with Crippen molar-refractivity contribution in [3.8, 4) is 0 Å². The summed E-state index contributed by atoms with van der Waals surface area (Å²) in [6.45, 7) is 2.37. The largest absolute Gasteiger partial charge is 0.356 e. The highest BCUT2D eigenvalue weighted by molar-refractivity contribution is 7.99. The molecule has 2 aromatic rings. The lowest BCUT2D eigenvalue weighted by atomic mass is 10.2. The minimum Gasteiger partial charge on any atom is -0.356 e. The molecule has 0 radical (unpaired) electrons. The van der Waals surface area contributed by atoms with Gasteiger partial charge < -0.3 is 5.32 Å². The molecule has 1 amide bonds. The molecule has 0 saturated heterocycles. The summed E-state index contributed by atoms with van der Waals surface area (Å²) in [7, 11) is -3.44. The van der Waals surface area contributed by atoms with Crippen LogP contribution in [0.1, 0.15) is 18.4 Å². The van der Waals surface area contributed by atoms with Crippen LogP contribution in [-0.4, -0.2) is 32.4 Å². The number of thioether (sulfide) groups is 1. The number of carbonyl (C=O) groups is 1. The van der Waals surface area contributed by atoms with Crippen molar-refractivity contribution in [2.75, 3.05) is 18.1 Å². The molecule has 0 spiro atoms. The van der Waals surface area contributed by atoms with Gasteiger partial charge >= 0.3 is 0 Å². The van der Waals surface area contributed by atoms with Gasteiger partial charge in [-0.3, -0.25) is 4.79 Å². The van der Waals surface area contributed by atoms with Crippen molar-refractivity contribution >= 4 is 27.5 Å². The number of nitrogens with one attached hydrogen (secondary N) is 1. The molecular weight excluding hydrogens is 373 g/mol. The number of rotatable bonds is 9. The van der Waals surface area contributed by atoms with Crippen LogP contribution in [0, 0.1) is 12.7 Å². The van der Waals surface area contributed by atoms with Crippen molar-refractivity contribution in [1.82, 2.24) is 5.32 Å². The van der Waals surface area contributed by atoms with Crippen molar-refractivity contribution < 1.29 is 17.6 Å². The number of hydrogen-bond acceptors (Lipinski definition) is 4. The van der Waals surface area contributed by atoms with Crippen LogP contribution in [0.5, 0.6) is 0 Å². The summed E-state index contributed by atoms with van der Waals surface area (Å²) in [6.07, 6.45) is 0.694. The van der Waals surface area contributed by atoms with Gasteiger partial charge in [-0.05, 0) is 55.5 Å². The standard InChI is InChI=1S/C19H22FNO3S2/c1-15-3-9-18(10-4-15)26(23,24)14-11-19(22)21-12-2-13-25-17-7-5-16(20)6-8-17/h3-10H,2,11-14H2,1H3,(H,21,22). The molecule has 2 rings (SSSR count). The van der Waals surface area contributed by atoms with E-state index in [1.54, 1.807) is 48.2 Å². The average Bonchev–Trinajstić information content (AvgIpc) is 2.62. The van der Waals surface area contributed by atoms with E-state index in [4.69, 9.17) is 0 Å². The van der Waals surface area contributed by atoms with Gasteiger partial charge in [0.05, 0.1) is 10.6 Å². The van der Waals surface area contributed by atoms with Gasteiger partial charge in [-0.2, -0.15) is 0 Å². The van der Waals surface area contributed by atoms with Gasteiger partial charge in [-0.15, -0.1) is 11.8 Å². The smallest absolute Gasteiger partial charge is 0.221 e. The Morgan fingerprint density at radius 3 is 2.38 bits per heavy atom. The van der Waals surface area contributed by atoms with Gasteiger partial charge in [0.15, 0.2) is 9.84 Å². The lowest BCUT2D eigenvalue weighted by Gasteiger charge is -2.07. The Morgan fingerprint density at radius 2 is 1.73 bits per heavy atom. The Kier molecular flexibility index (Phi) is 7.66. The van der Waals surface area contributed by atoms with Crippen LogP contribution in [0.15, 0.2) is 58.3 Å². The summed E-state index contributed by atoms with van der Waals surface area (Å²) in [5, 5.41) is 2.73. The van der Waals surface area contributed by atoms with Crippen LogP contribution in [0.25, 0.3) is 0 Å². The second-order valence-electron chi connectivity index (χ2n) is 5.89. The lowest BCUT2D eigenvalue weighted by molar-refractivity contribution is -0.120. The first kappa shape index (κ1) is 20.5. The number of hydrogen-bond donors (Lipinski definition) is 1. The van der Waals surface area contributed by atoms with Crippen LogP contribution in [-0.2, 0) is 14.6 Å². The molecule has 0 saturated carbocycles. The number of aryl methyl sites for hydroxylation is 1. The summed E-state index contributed by atoms with van der Waals surface area (Å²) in [5.41, 5.74) is 0.986. The van der Waals surface area contributed by atoms with Gasteiger partial charge in [-0.1, -0.05) is 17.7 Å². The summed E-state index contributed by atoms with van der Waals surface area (Å²) >= 11 is 1.58. The number of amides is 1. The normalized spacial score (nSPS) is 11.3. The number of halogens is 1. The second-order valence-corrected chi connectivity index (χ2v) is 9.17. The molecule has 0 aliphatic rings. The van der Waals surface area contributed by atoms with E-state index in [9.17, 15) is 17.6 Å². The third-order valence-corrected chi connectivity index (χ3v) is 6.53. The van der Waals surface area contributed by atoms with E-state index in [1.165, 1.54) is 12.1 Å². The maximum atomic E-state index is 12.8. The van der Waals surface area contributed by atoms with Crippen LogP contribution in [0.3, 0.4) is 0 Å². The van der Waals surface area contributed by atoms with E-state index in [2.05, 4.69) is 5.32 Å². The average molecular weight is 396 g/mol. The van der Waals surface area contributed by atoms with Crippen LogP contribution < -0.4 is 5.32 Å². The first-order valence-electron chi connectivity index (χ1n) is 8.31. The Hall–Kier alpha value is -1.86. The Labute approximate surface area is 158 Å². The van der Waals surface area contributed by atoms with Gasteiger partial charge in [0, 0.05) is 17.9 Å². The molecule has 0 atom stereocenters. The van der Waals surface area contributed by atoms with Crippen LogP contribution >= 0.6 is 11.8 Å². The minimum atomic E-state index is -3.44. The number of sulfone groups is 1. The molecule has 140 valence electrons. The lowest BCUT2D eigenvalue weighted by Crippen LogP contribution is -2.26. The molecule has 4 nitrogen and oxygen atoms in total. The number of benzene rings is 2. The summed E-state index contributed by atoms with van der Waals surface area (Å²) < 4.78 is 37.2. The molecule has 0 heterocycles. The quantitative estimate of drug-likeness (QED) is 0.521. The fraction of sp³-hybridized carbons (Fsp3) is 0.316. The fourth-order valence-electron chi connectivity index (χ4n) is 2.20. The van der Waals surface area contributed by atoms with E-state index in [1.807, 2.05) is 6.92 Å². The van der Waals surface area contributed by atoms with Crippen LogP contribution in [0.4, 0.5) is 4.39 Å². The van der Waals surface area contributed by atoms with Crippen molar-refractivity contribution in [2.24, 2.45) is 0 Å². The van der Waals surface area contributed by atoms with E-state index >= 15 is 0 Å².